The van der Waals surface area contributed by atoms with Crippen molar-refractivity contribution in [2.45, 2.75) is 71.6 Å². The molecule has 0 aliphatic carbocycles. The van der Waals surface area contributed by atoms with Gasteiger partial charge in [-0.05, 0) is 35.3 Å². The molecule has 32 heavy (non-hydrogen) atoms. The number of benzene rings is 3. The van der Waals surface area contributed by atoms with Crippen molar-refractivity contribution in [1.29, 1.82) is 0 Å². The SMILES string of the molecule is Cc1cc(C(C)(C)C)c(OC(=O)[C@@H](Cc2ccccc2)c2ccccc2)c(C(C)(C)C)c1. The van der Waals surface area contributed by atoms with Crippen LogP contribution in [0.2, 0.25) is 0 Å². The summed E-state index contributed by atoms with van der Waals surface area (Å²) < 4.78 is 6.33. The van der Waals surface area contributed by atoms with Crippen LogP contribution in [0.15, 0.2) is 72.8 Å². The van der Waals surface area contributed by atoms with Crippen LogP contribution in [0, 0.1) is 6.92 Å². The average Bonchev–Trinajstić information content (AvgIpc) is 2.72. The molecule has 3 rings (SSSR count). The Kier molecular flexibility index (Phi) is 6.93. The van der Waals surface area contributed by atoms with Gasteiger partial charge >= 0.3 is 5.97 Å². The fraction of sp³-hybridized carbons (Fsp3) is 0.367. The van der Waals surface area contributed by atoms with Gasteiger partial charge in [-0.1, -0.05) is 120 Å². The van der Waals surface area contributed by atoms with Crippen LogP contribution in [-0.4, -0.2) is 5.97 Å². The molecular formula is C30H36O2. The number of hydrogen-bond acceptors (Lipinski definition) is 2. The number of rotatable bonds is 5. The third kappa shape index (κ3) is 5.68. The molecule has 168 valence electrons. The number of aryl methyl sites for hydroxylation is 1. The zero-order valence-corrected chi connectivity index (χ0v) is 20.5. The van der Waals surface area contributed by atoms with Crippen LogP contribution in [-0.2, 0) is 22.0 Å². The zero-order valence-electron chi connectivity index (χ0n) is 20.5. The minimum Gasteiger partial charge on any atom is -0.425 e. The normalized spacial score (nSPS) is 13.0. The van der Waals surface area contributed by atoms with Crippen molar-refractivity contribution in [3.63, 3.8) is 0 Å². The Balaban J connectivity index is 2.08. The Morgan fingerprint density at radius 2 is 1.25 bits per heavy atom. The molecule has 0 aliphatic rings. The summed E-state index contributed by atoms with van der Waals surface area (Å²) in [6.45, 7) is 15.1. The van der Waals surface area contributed by atoms with Crippen LogP contribution in [0.3, 0.4) is 0 Å². The molecule has 0 spiro atoms. The topological polar surface area (TPSA) is 26.3 Å². The van der Waals surface area contributed by atoms with E-state index in [0.29, 0.717) is 6.42 Å². The van der Waals surface area contributed by atoms with Gasteiger partial charge in [0, 0.05) is 11.1 Å². The summed E-state index contributed by atoms with van der Waals surface area (Å²) >= 11 is 0. The van der Waals surface area contributed by atoms with E-state index < -0.39 is 0 Å². The van der Waals surface area contributed by atoms with Crippen molar-refractivity contribution in [2.24, 2.45) is 0 Å². The second kappa shape index (κ2) is 9.32. The highest BCUT2D eigenvalue weighted by atomic mass is 16.5. The van der Waals surface area contributed by atoms with E-state index in [0.717, 1.165) is 28.0 Å². The standard InChI is InChI=1S/C30H36O2/c1-21-18-25(29(2,3)4)27(26(19-21)30(5,6)7)32-28(31)24(23-16-12-9-13-17-23)20-22-14-10-8-11-15-22/h8-19,24H,20H2,1-7H3/t24-/m0/s1. The van der Waals surface area contributed by atoms with E-state index in [9.17, 15) is 4.79 Å². The molecule has 0 fully saturated rings. The Bertz CT molecular complexity index is 1020. The zero-order chi connectivity index (χ0) is 23.5. The smallest absolute Gasteiger partial charge is 0.319 e. The first-order valence-electron chi connectivity index (χ1n) is 11.4. The van der Waals surface area contributed by atoms with Gasteiger partial charge < -0.3 is 4.74 Å². The van der Waals surface area contributed by atoms with Gasteiger partial charge in [0.25, 0.3) is 0 Å². The second-order valence-corrected chi connectivity index (χ2v) is 10.8. The van der Waals surface area contributed by atoms with Gasteiger partial charge in [0.1, 0.15) is 5.75 Å². The molecule has 0 bridgehead atoms. The fourth-order valence-electron chi connectivity index (χ4n) is 4.04. The van der Waals surface area contributed by atoms with Gasteiger partial charge in [-0.25, -0.2) is 0 Å². The predicted molar refractivity (Wildman–Crippen MR) is 134 cm³/mol. The molecule has 2 heteroatoms. The highest BCUT2D eigenvalue weighted by Gasteiger charge is 2.31. The molecule has 0 heterocycles. The summed E-state index contributed by atoms with van der Waals surface area (Å²) in [5.41, 5.74) is 5.12. The molecule has 1 atom stereocenters. The minimum atomic E-state index is -0.375. The van der Waals surface area contributed by atoms with Crippen molar-refractivity contribution in [2.75, 3.05) is 0 Å². The highest BCUT2D eigenvalue weighted by Crippen LogP contribution is 2.41. The molecule has 0 saturated carbocycles. The van der Waals surface area contributed by atoms with Crippen molar-refractivity contribution in [3.8, 4) is 5.75 Å². The van der Waals surface area contributed by atoms with E-state index >= 15 is 0 Å². The van der Waals surface area contributed by atoms with Crippen molar-refractivity contribution < 1.29 is 9.53 Å². The predicted octanol–water partition coefficient (Wildman–Crippen LogP) is 7.52. The number of hydrogen-bond donors (Lipinski definition) is 0. The van der Waals surface area contributed by atoms with Crippen LogP contribution < -0.4 is 4.74 Å². The van der Waals surface area contributed by atoms with Crippen LogP contribution >= 0.6 is 0 Å². The molecule has 0 saturated heterocycles. The number of carbonyl (C=O) groups excluding carboxylic acids is 1. The van der Waals surface area contributed by atoms with Gasteiger partial charge in [0.15, 0.2) is 0 Å². The third-order valence-electron chi connectivity index (χ3n) is 5.82. The monoisotopic (exact) mass is 428 g/mol. The molecule has 0 unspecified atom stereocenters. The Hall–Kier alpha value is -2.87. The molecule has 3 aromatic carbocycles. The van der Waals surface area contributed by atoms with E-state index in [4.69, 9.17) is 4.74 Å². The molecule has 2 nitrogen and oxygen atoms in total. The third-order valence-corrected chi connectivity index (χ3v) is 5.82. The second-order valence-electron chi connectivity index (χ2n) is 10.8. The molecule has 0 amide bonds. The maximum absolute atomic E-state index is 13.7. The highest BCUT2D eigenvalue weighted by molar-refractivity contribution is 5.81. The average molecular weight is 429 g/mol. The molecule has 0 aliphatic heterocycles. The first-order chi connectivity index (χ1) is 15.0. The molecule has 0 radical (unpaired) electrons. The summed E-state index contributed by atoms with van der Waals surface area (Å²) in [4.78, 5) is 13.7. The van der Waals surface area contributed by atoms with Crippen LogP contribution in [0.1, 0.15) is 75.3 Å². The maximum atomic E-state index is 13.7. The Labute approximate surface area is 193 Å². The van der Waals surface area contributed by atoms with Gasteiger partial charge in [-0.15, -0.1) is 0 Å². The molecular weight excluding hydrogens is 392 g/mol. The minimum absolute atomic E-state index is 0.149. The first-order valence-corrected chi connectivity index (χ1v) is 11.4. The summed E-state index contributed by atoms with van der Waals surface area (Å²) in [7, 11) is 0. The van der Waals surface area contributed by atoms with Crippen molar-refractivity contribution >= 4 is 5.97 Å². The van der Waals surface area contributed by atoms with E-state index in [2.05, 4.69) is 72.7 Å². The number of carbonyl (C=O) groups is 1. The summed E-state index contributed by atoms with van der Waals surface area (Å²) in [6.07, 6.45) is 0.602. The lowest BCUT2D eigenvalue weighted by molar-refractivity contribution is -0.136. The van der Waals surface area contributed by atoms with E-state index in [-0.39, 0.29) is 22.7 Å². The first kappa shape index (κ1) is 23.8. The largest absolute Gasteiger partial charge is 0.425 e. The quantitative estimate of drug-likeness (QED) is 0.310. The van der Waals surface area contributed by atoms with E-state index in [1.165, 1.54) is 5.56 Å². The van der Waals surface area contributed by atoms with E-state index in [1.807, 2.05) is 48.5 Å². The molecule has 0 aromatic heterocycles. The lowest BCUT2D eigenvalue weighted by Crippen LogP contribution is -2.26. The fourth-order valence-corrected chi connectivity index (χ4v) is 4.04. The lowest BCUT2D eigenvalue weighted by Gasteiger charge is -2.30. The van der Waals surface area contributed by atoms with Crippen LogP contribution in [0.25, 0.3) is 0 Å². The Morgan fingerprint density at radius 1 is 0.781 bits per heavy atom. The number of esters is 1. The summed E-state index contributed by atoms with van der Waals surface area (Å²) in [5.74, 6) is 0.134. The van der Waals surface area contributed by atoms with Crippen LogP contribution in [0.4, 0.5) is 0 Å². The van der Waals surface area contributed by atoms with E-state index in [1.54, 1.807) is 0 Å². The van der Waals surface area contributed by atoms with Crippen LogP contribution in [0.5, 0.6) is 5.75 Å². The van der Waals surface area contributed by atoms with Gasteiger partial charge in [-0.3, -0.25) is 4.79 Å². The maximum Gasteiger partial charge on any atom is 0.319 e. The molecule has 0 N–H and O–H groups in total. The van der Waals surface area contributed by atoms with Gasteiger partial charge in [0.05, 0.1) is 5.92 Å². The van der Waals surface area contributed by atoms with Crippen molar-refractivity contribution in [1.82, 2.24) is 0 Å². The summed E-state index contributed by atoms with van der Waals surface area (Å²) in [5, 5.41) is 0. The van der Waals surface area contributed by atoms with Gasteiger partial charge in [-0.2, -0.15) is 0 Å². The summed E-state index contributed by atoms with van der Waals surface area (Å²) in [6, 6.07) is 24.4. The Morgan fingerprint density at radius 3 is 1.72 bits per heavy atom. The lowest BCUT2D eigenvalue weighted by atomic mass is 9.78. The van der Waals surface area contributed by atoms with Gasteiger partial charge in [0.2, 0.25) is 0 Å². The number of ether oxygens (including phenoxy) is 1. The molecule has 3 aromatic rings. The van der Waals surface area contributed by atoms with Crippen molar-refractivity contribution in [3.05, 3.63) is 101 Å².